The maximum atomic E-state index is 12.3. The van der Waals surface area contributed by atoms with Gasteiger partial charge in [-0.15, -0.1) is 0 Å². The fourth-order valence-electron chi connectivity index (χ4n) is 2.32. The molecular formula is C19H16O6. The van der Waals surface area contributed by atoms with Gasteiger partial charge in [-0.05, 0) is 35.9 Å². The molecule has 2 aromatic rings. The number of rotatable bonds is 6. The Kier molecular flexibility index (Phi) is 4.99. The second-order valence-corrected chi connectivity index (χ2v) is 5.31. The van der Waals surface area contributed by atoms with Gasteiger partial charge in [0.15, 0.2) is 23.9 Å². The Labute approximate surface area is 144 Å². The molecule has 6 heteroatoms. The number of carbonyl (C=O) groups excluding carboxylic acids is 1. The molecule has 0 spiro atoms. The lowest BCUT2D eigenvalue weighted by molar-refractivity contribution is -0.139. The first-order chi connectivity index (χ1) is 12.1. The summed E-state index contributed by atoms with van der Waals surface area (Å²) < 4.78 is 16.0. The van der Waals surface area contributed by atoms with Gasteiger partial charge < -0.3 is 19.3 Å². The van der Waals surface area contributed by atoms with Crippen molar-refractivity contribution < 1.29 is 28.9 Å². The summed E-state index contributed by atoms with van der Waals surface area (Å²) in [5.74, 6) is 0.398. The summed E-state index contributed by atoms with van der Waals surface area (Å²) in [7, 11) is 0. The number of hydrogen-bond donors (Lipinski definition) is 1. The largest absolute Gasteiger partial charge is 0.486 e. The van der Waals surface area contributed by atoms with Crippen molar-refractivity contribution in [1.29, 1.82) is 0 Å². The molecule has 3 rings (SSSR count). The van der Waals surface area contributed by atoms with Crippen molar-refractivity contribution >= 4 is 17.8 Å². The summed E-state index contributed by atoms with van der Waals surface area (Å²) in [6.45, 7) is 0.577. The Bertz CT molecular complexity index is 824. The van der Waals surface area contributed by atoms with Crippen molar-refractivity contribution in [3.63, 3.8) is 0 Å². The molecular weight excluding hydrogens is 324 g/mol. The minimum Gasteiger partial charge on any atom is -0.486 e. The summed E-state index contributed by atoms with van der Waals surface area (Å²) in [6, 6.07) is 11.9. The number of hydrogen-bond acceptors (Lipinski definition) is 5. The predicted octanol–water partition coefficient (Wildman–Crippen LogP) is 2.82. The van der Waals surface area contributed by atoms with Crippen LogP contribution in [0.15, 0.2) is 48.5 Å². The molecule has 128 valence electrons. The first-order valence-corrected chi connectivity index (χ1v) is 7.68. The van der Waals surface area contributed by atoms with Crippen molar-refractivity contribution in [2.24, 2.45) is 0 Å². The third-order valence-electron chi connectivity index (χ3n) is 3.47. The fraction of sp³-hybridized carbons (Fsp3) is 0.158. The zero-order valence-corrected chi connectivity index (χ0v) is 13.3. The van der Waals surface area contributed by atoms with E-state index >= 15 is 0 Å². The van der Waals surface area contributed by atoms with Crippen LogP contribution in [0.1, 0.15) is 15.9 Å². The molecule has 2 aromatic carbocycles. The van der Waals surface area contributed by atoms with Gasteiger partial charge in [0.1, 0.15) is 19.0 Å². The summed E-state index contributed by atoms with van der Waals surface area (Å²) in [5.41, 5.74) is 1.23. The van der Waals surface area contributed by atoms with Gasteiger partial charge in [0, 0.05) is 5.56 Å². The molecule has 1 aliphatic rings. The van der Waals surface area contributed by atoms with Crippen molar-refractivity contribution in [3.8, 4) is 17.2 Å². The van der Waals surface area contributed by atoms with Gasteiger partial charge in [0.25, 0.3) is 0 Å². The first kappa shape index (κ1) is 16.6. The summed E-state index contributed by atoms with van der Waals surface area (Å²) in [4.78, 5) is 22.8. The van der Waals surface area contributed by atoms with Crippen molar-refractivity contribution in [2.75, 3.05) is 19.8 Å². The monoisotopic (exact) mass is 340 g/mol. The molecule has 1 aliphatic heterocycles. The normalized spacial score (nSPS) is 12.8. The molecule has 0 radical (unpaired) electrons. The van der Waals surface area contributed by atoms with E-state index in [0.29, 0.717) is 36.0 Å². The van der Waals surface area contributed by atoms with Crippen LogP contribution >= 0.6 is 0 Å². The summed E-state index contributed by atoms with van der Waals surface area (Å²) in [5, 5.41) is 8.63. The third-order valence-corrected chi connectivity index (χ3v) is 3.47. The molecule has 0 amide bonds. The molecule has 6 nitrogen and oxygen atoms in total. The van der Waals surface area contributed by atoms with Crippen LogP contribution in [-0.4, -0.2) is 36.7 Å². The van der Waals surface area contributed by atoms with Gasteiger partial charge >= 0.3 is 5.97 Å². The van der Waals surface area contributed by atoms with E-state index in [9.17, 15) is 9.59 Å². The smallest absolute Gasteiger partial charge is 0.341 e. The van der Waals surface area contributed by atoms with Crippen LogP contribution in [0.5, 0.6) is 17.2 Å². The molecule has 1 heterocycles. The van der Waals surface area contributed by atoms with Gasteiger partial charge in [-0.3, -0.25) is 4.79 Å². The lowest BCUT2D eigenvalue weighted by Crippen LogP contribution is -2.15. The van der Waals surface area contributed by atoms with Crippen molar-refractivity contribution in [3.05, 3.63) is 59.7 Å². The van der Waals surface area contributed by atoms with Crippen molar-refractivity contribution in [1.82, 2.24) is 0 Å². The number of carbonyl (C=O) groups is 2. The van der Waals surface area contributed by atoms with Crippen molar-refractivity contribution in [2.45, 2.75) is 0 Å². The minimum atomic E-state index is -1.07. The summed E-state index contributed by atoms with van der Waals surface area (Å²) in [6.07, 6.45) is 3.13. The molecule has 0 aromatic heterocycles. The van der Waals surface area contributed by atoms with E-state index in [-0.39, 0.29) is 5.78 Å². The van der Waals surface area contributed by atoms with E-state index in [2.05, 4.69) is 0 Å². The standard InChI is InChI=1S/C19H16O6/c20-16(14-2-1-3-15(11-14)25-12-19(21)22)6-4-13-5-7-17-18(10-13)24-9-8-23-17/h1-7,10-11H,8-9,12H2,(H,21,22). The molecule has 0 saturated carbocycles. The second-order valence-electron chi connectivity index (χ2n) is 5.31. The molecule has 0 saturated heterocycles. The Morgan fingerprint density at radius 2 is 1.88 bits per heavy atom. The summed E-state index contributed by atoms with van der Waals surface area (Å²) >= 11 is 0. The Balaban J connectivity index is 1.70. The van der Waals surface area contributed by atoms with E-state index < -0.39 is 12.6 Å². The van der Waals surface area contributed by atoms with E-state index in [0.717, 1.165) is 5.56 Å². The predicted molar refractivity (Wildman–Crippen MR) is 90.4 cm³/mol. The highest BCUT2D eigenvalue weighted by Gasteiger charge is 2.11. The third kappa shape index (κ3) is 4.38. The first-order valence-electron chi connectivity index (χ1n) is 7.68. The maximum absolute atomic E-state index is 12.3. The van der Waals surface area contributed by atoms with Crippen LogP contribution in [0.4, 0.5) is 0 Å². The number of benzene rings is 2. The zero-order chi connectivity index (χ0) is 17.6. The molecule has 0 aliphatic carbocycles. The van der Waals surface area contributed by atoms with Gasteiger partial charge in [0.2, 0.25) is 0 Å². The number of carboxylic acids is 1. The molecule has 0 fully saturated rings. The highest BCUT2D eigenvalue weighted by atomic mass is 16.6. The number of ketones is 1. The van der Waals surface area contributed by atoms with Gasteiger partial charge in [-0.2, -0.15) is 0 Å². The maximum Gasteiger partial charge on any atom is 0.341 e. The van der Waals surface area contributed by atoms with E-state index in [1.807, 2.05) is 12.1 Å². The van der Waals surface area contributed by atoms with Crippen LogP contribution in [0.25, 0.3) is 6.08 Å². The van der Waals surface area contributed by atoms with Crippen LogP contribution < -0.4 is 14.2 Å². The average Bonchev–Trinajstić information content (AvgIpc) is 2.64. The fourth-order valence-corrected chi connectivity index (χ4v) is 2.32. The number of allylic oxidation sites excluding steroid dienone is 1. The Hall–Kier alpha value is -3.28. The number of fused-ring (bicyclic) bond motifs is 1. The molecule has 25 heavy (non-hydrogen) atoms. The quantitative estimate of drug-likeness (QED) is 0.643. The van der Waals surface area contributed by atoms with E-state index in [1.165, 1.54) is 12.1 Å². The zero-order valence-electron chi connectivity index (χ0n) is 13.3. The highest BCUT2D eigenvalue weighted by molar-refractivity contribution is 6.07. The lowest BCUT2D eigenvalue weighted by atomic mass is 10.1. The van der Waals surface area contributed by atoms with E-state index in [4.69, 9.17) is 19.3 Å². The lowest BCUT2D eigenvalue weighted by Gasteiger charge is -2.18. The van der Waals surface area contributed by atoms with Crippen LogP contribution in [-0.2, 0) is 4.79 Å². The molecule has 0 atom stereocenters. The average molecular weight is 340 g/mol. The van der Waals surface area contributed by atoms with Crippen LogP contribution in [0.2, 0.25) is 0 Å². The number of carboxylic acid groups (broad SMARTS) is 1. The van der Waals surface area contributed by atoms with Gasteiger partial charge in [-0.25, -0.2) is 4.79 Å². The van der Waals surface area contributed by atoms with Crippen LogP contribution in [0.3, 0.4) is 0 Å². The topological polar surface area (TPSA) is 82.1 Å². The van der Waals surface area contributed by atoms with Crippen LogP contribution in [0, 0.1) is 0 Å². The molecule has 0 bridgehead atoms. The van der Waals surface area contributed by atoms with E-state index in [1.54, 1.807) is 30.3 Å². The second kappa shape index (κ2) is 7.53. The minimum absolute atomic E-state index is 0.212. The Morgan fingerprint density at radius 1 is 1.08 bits per heavy atom. The van der Waals surface area contributed by atoms with Gasteiger partial charge in [0.05, 0.1) is 0 Å². The SMILES string of the molecule is O=C(O)COc1cccc(C(=O)C=Cc2ccc3c(c2)OCCO3)c1. The Morgan fingerprint density at radius 3 is 2.68 bits per heavy atom. The molecule has 1 N–H and O–H groups in total. The molecule has 0 unspecified atom stereocenters. The number of ether oxygens (including phenoxy) is 3. The highest BCUT2D eigenvalue weighted by Crippen LogP contribution is 2.31. The number of aliphatic carboxylic acids is 1. The van der Waals surface area contributed by atoms with Gasteiger partial charge in [-0.1, -0.05) is 24.3 Å².